The summed E-state index contributed by atoms with van der Waals surface area (Å²) in [5, 5.41) is 10.1. The predicted octanol–water partition coefficient (Wildman–Crippen LogP) is 1.14. The smallest absolute Gasteiger partial charge is 0.276 e. The highest BCUT2D eigenvalue weighted by atomic mass is 16.2. The fourth-order valence-corrected chi connectivity index (χ4v) is 3.34. The largest absolute Gasteiger partial charge is 0.335 e. The molecule has 0 unspecified atom stereocenters. The van der Waals surface area contributed by atoms with E-state index < -0.39 is 0 Å². The number of hydrogen-bond donors (Lipinski definition) is 1. The first-order valence-electron chi connectivity index (χ1n) is 7.70. The van der Waals surface area contributed by atoms with Crippen molar-refractivity contribution >= 4 is 5.91 Å². The van der Waals surface area contributed by atoms with E-state index in [0.717, 1.165) is 32.1 Å². The monoisotopic (exact) mass is 277 g/mol. The quantitative estimate of drug-likeness (QED) is 0.900. The molecule has 6 heteroatoms. The van der Waals surface area contributed by atoms with Crippen molar-refractivity contribution in [3.05, 3.63) is 11.9 Å². The van der Waals surface area contributed by atoms with E-state index in [-0.39, 0.29) is 5.91 Å². The lowest BCUT2D eigenvalue weighted by Crippen LogP contribution is -2.50. The third-order valence-electron chi connectivity index (χ3n) is 4.53. The zero-order chi connectivity index (χ0) is 13.8. The number of nitrogens with zero attached hydrogens (tertiary/aromatic N) is 4. The van der Waals surface area contributed by atoms with Crippen molar-refractivity contribution in [2.45, 2.75) is 32.1 Å². The zero-order valence-corrected chi connectivity index (χ0v) is 11.9. The Morgan fingerprint density at radius 2 is 1.95 bits per heavy atom. The number of rotatable bonds is 3. The van der Waals surface area contributed by atoms with Crippen molar-refractivity contribution in [3.8, 4) is 0 Å². The zero-order valence-electron chi connectivity index (χ0n) is 11.9. The third-order valence-corrected chi connectivity index (χ3v) is 4.53. The van der Waals surface area contributed by atoms with Gasteiger partial charge in [-0.25, -0.2) is 0 Å². The summed E-state index contributed by atoms with van der Waals surface area (Å²) in [6, 6.07) is 0. The van der Waals surface area contributed by atoms with Crippen LogP contribution in [0.25, 0.3) is 0 Å². The normalized spacial score (nSPS) is 22.1. The molecule has 6 nitrogen and oxygen atoms in total. The molecule has 2 aliphatic rings. The van der Waals surface area contributed by atoms with Gasteiger partial charge in [0.05, 0.1) is 6.20 Å². The van der Waals surface area contributed by atoms with Gasteiger partial charge in [0.2, 0.25) is 0 Å². The first kappa shape index (κ1) is 13.5. The second kappa shape index (κ2) is 6.35. The molecule has 0 bridgehead atoms. The molecule has 1 N–H and O–H groups in total. The van der Waals surface area contributed by atoms with E-state index in [9.17, 15) is 4.79 Å². The highest BCUT2D eigenvalue weighted by Gasteiger charge is 2.25. The van der Waals surface area contributed by atoms with E-state index >= 15 is 0 Å². The topological polar surface area (TPSA) is 65.1 Å². The van der Waals surface area contributed by atoms with Gasteiger partial charge in [-0.05, 0) is 18.8 Å². The molecule has 1 saturated heterocycles. The summed E-state index contributed by atoms with van der Waals surface area (Å²) in [6.45, 7) is 4.79. The van der Waals surface area contributed by atoms with Gasteiger partial charge in [0.1, 0.15) is 0 Å². The van der Waals surface area contributed by atoms with Crippen molar-refractivity contribution in [2.75, 3.05) is 32.7 Å². The Labute approximate surface area is 119 Å². The van der Waals surface area contributed by atoms with Crippen LogP contribution in [0.1, 0.15) is 42.6 Å². The number of H-pyrrole nitrogens is 1. The number of piperazine rings is 1. The summed E-state index contributed by atoms with van der Waals surface area (Å²) < 4.78 is 0. The van der Waals surface area contributed by atoms with Crippen LogP contribution < -0.4 is 0 Å². The van der Waals surface area contributed by atoms with Gasteiger partial charge in [0, 0.05) is 32.7 Å². The molecule has 20 heavy (non-hydrogen) atoms. The Morgan fingerprint density at radius 3 is 2.60 bits per heavy atom. The lowest BCUT2D eigenvalue weighted by atomic mass is 9.89. The van der Waals surface area contributed by atoms with Crippen LogP contribution in [-0.4, -0.2) is 63.8 Å². The maximum Gasteiger partial charge on any atom is 0.276 e. The second-order valence-electron chi connectivity index (χ2n) is 5.95. The first-order valence-corrected chi connectivity index (χ1v) is 7.70. The second-order valence-corrected chi connectivity index (χ2v) is 5.95. The number of carbonyl (C=O) groups excluding carboxylic acids is 1. The fraction of sp³-hybridized carbons (Fsp3) is 0.786. The van der Waals surface area contributed by atoms with Gasteiger partial charge >= 0.3 is 0 Å². The fourth-order valence-electron chi connectivity index (χ4n) is 3.34. The molecule has 1 saturated carbocycles. The van der Waals surface area contributed by atoms with E-state index in [1.54, 1.807) is 0 Å². The molecule has 0 radical (unpaired) electrons. The molecule has 1 aromatic rings. The highest BCUT2D eigenvalue weighted by Crippen LogP contribution is 2.24. The highest BCUT2D eigenvalue weighted by molar-refractivity contribution is 5.91. The lowest BCUT2D eigenvalue weighted by Gasteiger charge is -2.37. The number of aromatic nitrogens is 3. The van der Waals surface area contributed by atoms with E-state index in [1.807, 2.05) is 4.90 Å². The third kappa shape index (κ3) is 3.17. The lowest BCUT2D eigenvalue weighted by molar-refractivity contribution is 0.0600. The Bertz CT molecular complexity index is 419. The van der Waals surface area contributed by atoms with Crippen LogP contribution >= 0.6 is 0 Å². The molecular weight excluding hydrogens is 254 g/mol. The summed E-state index contributed by atoms with van der Waals surface area (Å²) in [6.07, 6.45) is 8.48. The van der Waals surface area contributed by atoms with Gasteiger partial charge in [-0.15, -0.1) is 0 Å². The van der Waals surface area contributed by atoms with Gasteiger partial charge in [0.25, 0.3) is 5.91 Å². The molecule has 3 rings (SSSR count). The van der Waals surface area contributed by atoms with Crippen molar-refractivity contribution < 1.29 is 4.79 Å². The minimum Gasteiger partial charge on any atom is -0.335 e. The molecule has 1 aromatic heterocycles. The van der Waals surface area contributed by atoms with E-state index in [0.29, 0.717) is 5.69 Å². The minimum absolute atomic E-state index is 0.00364. The molecule has 110 valence electrons. The Kier molecular flexibility index (Phi) is 4.30. The van der Waals surface area contributed by atoms with Crippen LogP contribution in [0.5, 0.6) is 0 Å². The first-order chi connectivity index (χ1) is 9.83. The maximum absolute atomic E-state index is 12.1. The van der Waals surface area contributed by atoms with E-state index in [4.69, 9.17) is 0 Å². The summed E-state index contributed by atoms with van der Waals surface area (Å²) in [7, 11) is 0. The number of nitrogens with one attached hydrogen (secondary N) is 1. The van der Waals surface area contributed by atoms with Crippen LogP contribution in [0.3, 0.4) is 0 Å². The summed E-state index contributed by atoms with van der Waals surface area (Å²) >= 11 is 0. The average Bonchev–Trinajstić information content (AvgIpc) is 3.03. The van der Waals surface area contributed by atoms with Crippen LogP contribution in [0, 0.1) is 5.92 Å². The van der Waals surface area contributed by atoms with Gasteiger partial charge in [-0.2, -0.15) is 15.4 Å². The molecule has 0 spiro atoms. The molecule has 0 aromatic carbocycles. The number of hydrogen-bond acceptors (Lipinski definition) is 4. The van der Waals surface area contributed by atoms with Crippen molar-refractivity contribution in [3.63, 3.8) is 0 Å². The summed E-state index contributed by atoms with van der Waals surface area (Å²) in [5.74, 6) is 0.873. The van der Waals surface area contributed by atoms with Crippen LogP contribution in [0.2, 0.25) is 0 Å². The van der Waals surface area contributed by atoms with Gasteiger partial charge in [0.15, 0.2) is 5.69 Å². The Morgan fingerprint density at radius 1 is 1.20 bits per heavy atom. The van der Waals surface area contributed by atoms with Crippen molar-refractivity contribution in [1.29, 1.82) is 0 Å². The van der Waals surface area contributed by atoms with Crippen molar-refractivity contribution in [1.82, 2.24) is 25.2 Å². The van der Waals surface area contributed by atoms with Crippen LogP contribution in [-0.2, 0) is 0 Å². The molecule has 1 aliphatic carbocycles. The summed E-state index contributed by atoms with van der Waals surface area (Å²) in [4.78, 5) is 16.5. The SMILES string of the molecule is O=C(c1cn[nH]n1)N1CCN(CC2CCCCC2)CC1. The minimum atomic E-state index is -0.00364. The summed E-state index contributed by atoms with van der Waals surface area (Å²) in [5.41, 5.74) is 0.422. The standard InChI is InChI=1S/C14H23N5O/c20-14(13-10-15-17-16-13)19-8-6-18(7-9-19)11-12-4-2-1-3-5-12/h10,12H,1-9,11H2,(H,15,16,17). The van der Waals surface area contributed by atoms with E-state index in [1.165, 1.54) is 44.8 Å². The Hall–Kier alpha value is -1.43. The van der Waals surface area contributed by atoms with Crippen LogP contribution in [0.15, 0.2) is 6.20 Å². The maximum atomic E-state index is 12.1. The van der Waals surface area contributed by atoms with Gasteiger partial charge in [-0.3, -0.25) is 9.69 Å². The van der Waals surface area contributed by atoms with E-state index in [2.05, 4.69) is 20.3 Å². The molecule has 0 atom stereocenters. The van der Waals surface area contributed by atoms with Gasteiger partial charge < -0.3 is 4.90 Å². The average molecular weight is 277 g/mol. The van der Waals surface area contributed by atoms with Crippen LogP contribution in [0.4, 0.5) is 0 Å². The predicted molar refractivity (Wildman–Crippen MR) is 75.3 cm³/mol. The van der Waals surface area contributed by atoms with Gasteiger partial charge in [-0.1, -0.05) is 19.3 Å². The molecule has 2 fully saturated rings. The molecular formula is C14H23N5O. The number of aromatic amines is 1. The molecule has 1 amide bonds. The molecule has 1 aliphatic heterocycles. The Balaban J connectivity index is 1.45. The van der Waals surface area contributed by atoms with Crippen molar-refractivity contribution in [2.24, 2.45) is 5.92 Å². The molecule has 2 heterocycles. The number of carbonyl (C=O) groups is 1. The number of amides is 1.